The topological polar surface area (TPSA) is 35.2 Å². The molecule has 2 unspecified atom stereocenters. The van der Waals surface area contributed by atoms with Gasteiger partial charge in [0.1, 0.15) is 5.82 Å². The lowest BCUT2D eigenvalue weighted by atomic mass is 9.90. The van der Waals surface area contributed by atoms with Crippen LogP contribution in [0.4, 0.5) is 4.39 Å². The van der Waals surface area contributed by atoms with Crippen LogP contribution in [-0.2, 0) is 17.6 Å². The molecule has 0 aromatic heterocycles. The summed E-state index contributed by atoms with van der Waals surface area (Å²) in [7, 11) is 0. The van der Waals surface area contributed by atoms with Crippen LogP contribution in [0, 0.1) is 12.7 Å². The minimum atomic E-state index is -0.205. The van der Waals surface area contributed by atoms with E-state index in [-0.39, 0.29) is 18.0 Å². The number of hydrogen-bond acceptors (Lipinski definition) is 2. The molecule has 2 atom stereocenters. The lowest BCUT2D eigenvalue weighted by Gasteiger charge is -2.30. The Morgan fingerprint density at radius 1 is 1.29 bits per heavy atom. The van der Waals surface area contributed by atoms with E-state index in [2.05, 4.69) is 18.2 Å². The van der Waals surface area contributed by atoms with Gasteiger partial charge in [-0.1, -0.05) is 30.3 Å². The molecule has 0 spiro atoms. The highest BCUT2D eigenvalue weighted by atomic mass is 19.1. The highest BCUT2D eigenvalue weighted by Crippen LogP contribution is 2.30. The number of aryl methyl sites for hydroxylation is 1. The number of nitrogens with two attached hydrogens (primary N) is 1. The van der Waals surface area contributed by atoms with Crippen molar-refractivity contribution in [2.75, 3.05) is 6.61 Å². The first-order valence-electron chi connectivity index (χ1n) is 7.35. The van der Waals surface area contributed by atoms with Gasteiger partial charge in [-0.25, -0.2) is 4.39 Å². The van der Waals surface area contributed by atoms with Crippen molar-refractivity contribution in [3.63, 3.8) is 0 Å². The molecule has 2 aromatic carbocycles. The fourth-order valence-corrected chi connectivity index (χ4v) is 3.03. The first kappa shape index (κ1) is 14.2. The van der Waals surface area contributed by atoms with Crippen LogP contribution < -0.4 is 5.73 Å². The molecule has 1 aliphatic heterocycles. The van der Waals surface area contributed by atoms with E-state index >= 15 is 0 Å². The van der Waals surface area contributed by atoms with Gasteiger partial charge in [0.25, 0.3) is 0 Å². The molecular weight excluding hydrogens is 265 g/mol. The van der Waals surface area contributed by atoms with Gasteiger partial charge in [0, 0.05) is 6.04 Å². The van der Waals surface area contributed by atoms with Gasteiger partial charge in [-0.3, -0.25) is 0 Å². The zero-order valence-corrected chi connectivity index (χ0v) is 12.2. The molecule has 3 heteroatoms. The second-order valence-corrected chi connectivity index (χ2v) is 5.68. The number of halogens is 1. The summed E-state index contributed by atoms with van der Waals surface area (Å²) in [6.45, 7) is 2.62. The molecule has 1 heterocycles. The van der Waals surface area contributed by atoms with Crippen molar-refractivity contribution >= 4 is 0 Å². The molecule has 0 bridgehead atoms. The fraction of sp³-hybridized carbons (Fsp3) is 0.333. The normalized spacial score (nSPS) is 19.1. The Labute approximate surface area is 124 Å². The largest absolute Gasteiger partial charge is 0.372 e. The van der Waals surface area contributed by atoms with Crippen molar-refractivity contribution in [3.8, 4) is 0 Å². The molecule has 1 aliphatic rings. The molecule has 0 saturated carbocycles. The monoisotopic (exact) mass is 285 g/mol. The molecule has 3 rings (SSSR count). The summed E-state index contributed by atoms with van der Waals surface area (Å²) in [4.78, 5) is 0. The van der Waals surface area contributed by atoms with E-state index in [1.165, 1.54) is 17.2 Å². The van der Waals surface area contributed by atoms with Crippen molar-refractivity contribution < 1.29 is 9.13 Å². The first-order chi connectivity index (χ1) is 10.1. The molecule has 2 N–H and O–H groups in total. The summed E-state index contributed by atoms with van der Waals surface area (Å²) in [5.41, 5.74) is 10.9. The van der Waals surface area contributed by atoms with Gasteiger partial charge in [0.05, 0.1) is 12.7 Å². The highest BCUT2D eigenvalue weighted by Gasteiger charge is 2.26. The van der Waals surface area contributed by atoms with Crippen molar-refractivity contribution in [2.24, 2.45) is 5.73 Å². The van der Waals surface area contributed by atoms with E-state index in [4.69, 9.17) is 10.5 Å². The predicted molar refractivity (Wildman–Crippen MR) is 81.7 cm³/mol. The van der Waals surface area contributed by atoms with Crippen LogP contribution in [0.2, 0.25) is 0 Å². The van der Waals surface area contributed by atoms with Gasteiger partial charge >= 0.3 is 0 Å². The van der Waals surface area contributed by atoms with Crippen LogP contribution in [0.1, 0.15) is 28.4 Å². The SMILES string of the molecule is Cc1cc(F)ccc1CC(N)C1OCCc2ccccc21. The summed E-state index contributed by atoms with van der Waals surface area (Å²) < 4.78 is 19.1. The van der Waals surface area contributed by atoms with Gasteiger partial charge in [-0.2, -0.15) is 0 Å². The third kappa shape index (κ3) is 2.99. The Hall–Kier alpha value is -1.71. The minimum Gasteiger partial charge on any atom is -0.372 e. The number of ether oxygens (including phenoxy) is 1. The molecule has 110 valence electrons. The molecule has 21 heavy (non-hydrogen) atoms. The molecule has 0 radical (unpaired) electrons. The summed E-state index contributed by atoms with van der Waals surface area (Å²) in [6.07, 6.45) is 1.54. The van der Waals surface area contributed by atoms with E-state index in [0.717, 1.165) is 17.5 Å². The van der Waals surface area contributed by atoms with Crippen molar-refractivity contribution in [2.45, 2.75) is 31.9 Å². The Balaban J connectivity index is 1.81. The van der Waals surface area contributed by atoms with E-state index in [1.807, 2.05) is 19.1 Å². The first-order valence-corrected chi connectivity index (χ1v) is 7.35. The Morgan fingerprint density at radius 2 is 2.10 bits per heavy atom. The van der Waals surface area contributed by atoms with Crippen LogP contribution in [0.15, 0.2) is 42.5 Å². The lowest BCUT2D eigenvalue weighted by Crippen LogP contribution is -2.35. The lowest BCUT2D eigenvalue weighted by molar-refractivity contribution is 0.0246. The zero-order valence-electron chi connectivity index (χ0n) is 12.2. The van der Waals surface area contributed by atoms with Gasteiger partial charge < -0.3 is 10.5 Å². The van der Waals surface area contributed by atoms with Crippen molar-refractivity contribution in [3.05, 3.63) is 70.5 Å². The standard InChI is InChI=1S/C18H20FNO/c1-12-10-15(19)7-6-14(12)11-17(20)18-16-5-3-2-4-13(16)8-9-21-18/h2-7,10,17-18H,8-9,11,20H2,1H3. The summed E-state index contributed by atoms with van der Waals surface area (Å²) in [5.74, 6) is -0.205. The number of benzene rings is 2. The molecule has 0 saturated heterocycles. The highest BCUT2D eigenvalue weighted by molar-refractivity contribution is 5.33. The molecule has 2 aromatic rings. The third-order valence-corrected chi connectivity index (χ3v) is 4.18. The van der Waals surface area contributed by atoms with Crippen LogP contribution >= 0.6 is 0 Å². The van der Waals surface area contributed by atoms with Crippen LogP contribution in [0.5, 0.6) is 0 Å². The van der Waals surface area contributed by atoms with Crippen molar-refractivity contribution in [1.82, 2.24) is 0 Å². The summed E-state index contributed by atoms with van der Waals surface area (Å²) >= 11 is 0. The second-order valence-electron chi connectivity index (χ2n) is 5.68. The smallest absolute Gasteiger partial charge is 0.123 e. The quantitative estimate of drug-likeness (QED) is 0.939. The van der Waals surface area contributed by atoms with Crippen LogP contribution in [-0.4, -0.2) is 12.6 Å². The maximum absolute atomic E-state index is 13.2. The van der Waals surface area contributed by atoms with Gasteiger partial charge in [0.2, 0.25) is 0 Å². The Morgan fingerprint density at radius 3 is 2.90 bits per heavy atom. The molecule has 0 aliphatic carbocycles. The average Bonchev–Trinajstić information content (AvgIpc) is 2.49. The van der Waals surface area contributed by atoms with Gasteiger partial charge in [-0.15, -0.1) is 0 Å². The number of hydrogen-bond donors (Lipinski definition) is 1. The zero-order chi connectivity index (χ0) is 14.8. The fourth-order valence-electron chi connectivity index (χ4n) is 3.03. The van der Waals surface area contributed by atoms with Gasteiger partial charge in [0.15, 0.2) is 0 Å². The molecule has 0 amide bonds. The van der Waals surface area contributed by atoms with E-state index in [9.17, 15) is 4.39 Å². The van der Waals surface area contributed by atoms with Crippen LogP contribution in [0.25, 0.3) is 0 Å². The second kappa shape index (κ2) is 5.96. The number of fused-ring (bicyclic) bond motifs is 1. The molecule has 2 nitrogen and oxygen atoms in total. The Kier molecular flexibility index (Phi) is 4.04. The van der Waals surface area contributed by atoms with Crippen LogP contribution in [0.3, 0.4) is 0 Å². The third-order valence-electron chi connectivity index (χ3n) is 4.18. The maximum Gasteiger partial charge on any atom is 0.123 e. The Bertz CT molecular complexity index is 641. The van der Waals surface area contributed by atoms with E-state index in [0.29, 0.717) is 13.0 Å². The maximum atomic E-state index is 13.2. The molecule has 0 fully saturated rings. The van der Waals surface area contributed by atoms with E-state index in [1.54, 1.807) is 6.07 Å². The minimum absolute atomic E-state index is 0.0839. The molecular formula is C18H20FNO. The van der Waals surface area contributed by atoms with Crippen molar-refractivity contribution in [1.29, 1.82) is 0 Å². The number of rotatable bonds is 3. The predicted octanol–water partition coefficient (Wildman–Crippen LogP) is 3.32. The summed E-state index contributed by atoms with van der Waals surface area (Å²) in [6, 6.07) is 13.0. The van der Waals surface area contributed by atoms with E-state index < -0.39 is 0 Å². The average molecular weight is 285 g/mol. The summed E-state index contributed by atoms with van der Waals surface area (Å²) in [5, 5.41) is 0. The van der Waals surface area contributed by atoms with Gasteiger partial charge in [-0.05, 0) is 54.2 Å².